The quantitative estimate of drug-likeness (QED) is 0.488. The first-order valence-electron chi connectivity index (χ1n) is 6.22. The molecule has 0 spiro atoms. The molecule has 2 N–H and O–H groups in total. The van der Waals surface area contributed by atoms with E-state index in [0.717, 1.165) is 31.6 Å². The number of carbonyl (C=O) groups is 3. The Hall–Kier alpha value is -1.63. The van der Waals surface area contributed by atoms with Gasteiger partial charge in [-0.2, -0.15) is 0 Å². The molecule has 0 radical (unpaired) electrons. The molecule has 1 aromatic carbocycles. The first-order chi connectivity index (χ1) is 9.83. The van der Waals surface area contributed by atoms with Crippen molar-refractivity contribution in [3.8, 4) is 0 Å². The Morgan fingerprint density at radius 2 is 1.67 bits per heavy atom. The zero-order chi connectivity index (χ0) is 16.4. The van der Waals surface area contributed by atoms with Gasteiger partial charge < -0.3 is 10.2 Å². The molecule has 0 heterocycles. The Balaban J connectivity index is 0.000000400. The van der Waals surface area contributed by atoms with Crippen LogP contribution in [0.1, 0.15) is 27.6 Å². The maximum absolute atomic E-state index is 10.5. The Bertz CT molecular complexity index is 493. The van der Waals surface area contributed by atoms with Crippen molar-refractivity contribution in [2.24, 2.45) is 0 Å². The minimum Gasteiger partial charge on any atom is -0.478 e. The molecule has 1 unspecified atom stereocenters. The fourth-order valence-electron chi connectivity index (χ4n) is 1.19. The summed E-state index contributed by atoms with van der Waals surface area (Å²) in [6, 6.07) is 5.48. The summed E-state index contributed by atoms with van der Waals surface area (Å²) in [5.74, 6) is -2.78. The van der Waals surface area contributed by atoms with Gasteiger partial charge in [-0.15, -0.1) is 0 Å². The standard InChI is InChI=1S/C8H6O4.C6H9O2.Na/c9-7(10)5-3-1-2-4-6(5)8(11)12;1-4-6(7)8-5(2)3;/h1-4H,(H,9,10)(H,11,12);4-5H,1-2H2,3H3;. The van der Waals surface area contributed by atoms with E-state index in [1.54, 1.807) is 0 Å². The molecule has 0 fully saturated rings. The van der Waals surface area contributed by atoms with E-state index in [-0.39, 0.29) is 23.2 Å². The number of ether oxygens (including phenoxy) is 1. The largest absolute Gasteiger partial charge is 0.478 e. The van der Waals surface area contributed by atoms with E-state index < -0.39 is 11.9 Å². The number of rotatable bonds is 5. The van der Waals surface area contributed by atoms with E-state index >= 15 is 0 Å². The van der Waals surface area contributed by atoms with Gasteiger partial charge in [-0.1, -0.05) is 12.1 Å². The van der Waals surface area contributed by atoms with Crippen molar-refractivity contribution >= 4 is 45.8 Å². The van der Waals surface area contributed by atoms with Gasteiger partial charge in [-0.05, 0) is 12.1 Å². The van der Waals surface area contributed by atoms with E-state index in [1.165, 1.54) is 30.3 Å². The van der Waals surface area contributed by atoms with E-state index in [1.807, 2.05) is 6.92 Å². The number of hydrogen-bond donors (Lipinski definition) is 2. The van der Waals surface area contributed by atoms with Crippen LogP contribution < -0.4 is 0 Å². The summed E-state index contributed by atoms with van der Waals surface area (Å²) in [6.45, 7) is 5.17. The monoisotopic (exact) mass is 302 g/mol. The first kappa shape index (κ1) is 19.4. The maximum atomic E-state index is 10.5. The number of esters is 1. The first-order valence-corrected chi connectivity index (χ1v) is 7.63. The van der Waals surface area contributed by atoms with Crippen LogP contribution in [0, 0.1) is 0 Å². The van der Waals surface area contributed by atoms with Gasteiger partial charge >= 0.3 is 84.7 Å². The Kier molecular flexibility index (Phi) is 9.36. The van der Waals surface area contributed by atoms with Gasteiger partial charge in [0.15, 0.2) is 0 Å². The SMILES string of the molecule is C=CC(=O)OC(C)[CH2][Na].O=C(O)c1ccccc1C(=O)O. The van der Waals surface area contributed by atoms with Gasteiger partial charge in [0, 0.05) is 0 Å². The molecule has 0 saturated heterocycles. The van der Waals surface area contributed by atoms with Crippen molar-refractivity contribution in [3.63, 3.8) is 0 Å². The summed E-state index contributed by atoms with van der Waals surface area (Å²) in [7, 11) is 0. The molecule has 0 aliphatic heterocycles. The van der Waals surface area contributed by atoms with Gasteiger partial charge in [0.05, 0.1) is 11.1 Å². The summed E-state index contributed by atoms with van der Waals surface area (Å²) in [5.41, 5.74) is -0.380. The molecule has 6 nitrogen and oxygen atoms in total. The van der Waals surface area contributed by atoms with Gasteiger partial charge in [-0.25, -0.2) is 9.59 Å². The molecule has 0 aromatic heterocycles. The van der Waals surface area contributed by atoms with Crippen LogP contribution in [0.2, 0.25) is 3.67 Å². The van der Waals surface area contributed by atoms with Crippen molar-refractivity contribution in [1.82, 2.24) is 0 Å². The number of carboxylic acids is 2. The third-order valence-electron chi connectivity index (χ3n) is 2.45. The molecule has 0 amide bonds. The molecular formula is C14H15NaO6. The normalized spacial score (nSPS) is 10.6. The number of carbonyl (C=O) groups excluding carboxylic acids is 1. The number of benzene rings is 1. The number of carboxylic acid groups (broad SMARTS) is 2. The summed E-state index contributed by atoms with van der Waals surface area (Å²) in [5, 5.41) is 17.1. The van der Waals surface area contributed by atoms with Crippen LogP contribution in [0.5, 0.6) is 0 Å². The average molecular weight is 302 g/mol. The Morgan fingerprint density at radius 3 is 1.95 bits per heavy atom. The van der Waals surface area contributed by atoms with Crippen LogP contribution in [-0.2, 0) is 9.53 Å². The van der Waals surface area contributed by atoms with Crippen molar-refractivity contribution in [2.75, 3.05) is 0 Å². The van der Waals surface area contributed by atoms with Crippen molar-refractivity contribution in [3.05, 3.63) is 48.0 Å². The zero-order valence-electron chi connectivity index (χ0n) is 11.9. The van der Waals surface area contributed by atoms with E-state index in [2.05, 4.69) is 6.58 Å². The smallest absolute Gasteiger partial charge is 0.336 e. The Labute approximate surface area is 139 Å². The van der Waals surface area contributed by atoms with Crippen LogP contribution in [0.25, 0.3) is 0 Å². The fraction of sp³-hybridized carbons (Fsp3) is 0.214. The van der Waals surface area contributed by atoms with Gasteiger partial charge in [0.2, 0.25) is 0 Å². The summed E-state index contributed by atoms with van der Waals surface area (Å²) in [6.07, 6.45) is 1.26. The van der Waals surface area contributed by atoms with Crippen LogP contribution in [0.15, 0.2) is 36.9 Å². The summed E-state index contributed by atoms with van der Waals surface area (Å²) < 4.78 is 5.81. The maximum Gasteiger partial charge on any atom is 0.336 e. The topological polar surface area (TPSA) is 101 Å². The van der Waals surface area contributed by atoms with Crippen molar-refractivity contribution < 1.29 is 29.3 Å². The van der Waals surface area contributed by atoms with Crippen LogP contribution in [0.4, 0.5) is 0 Å². The second-order valence-corrected chi connectivity index (χ2v) is 4.83. The summed E-state index contributed by atoms with van der Waals surface area (Å²) >= 11 is 1.07. The van der Waals surface area contributed by atoms with Gasteiger partial charge in [0.25, 0.3) is 0 Å². The molecule has 1 rings (SSSR count). The Morgan fingerprint density at radius 1 is 1.24 bits per heavy atom. The van der Waals surface area contributed by atoms with E-state index in [9.17, 15) is 14.4 Å². The number of hydrogen-bond acceptors (Lipinski definition) is 4. The predicted octanol–water partition coefficient (Wildman–Crippen LogP) is 1.77. The van der Waals surface area contributed by atoms with Crippen molar-refractivity contribution in [2.45, 2.75) is 16.7 Å². The molecule has 21 heavy (non-hydrogen) atoms. The van der Waals surface area contributed by atoms with Crippen LogP contribution in [-0.4, -0.2) is 62.2 Å². The van der Waals surface area contributed by atoms with E-state index in [0.29, 0.717) is 0 Å². The molecule has 0 aliphatic rings. The third kappa shape index (κ3) is 7.65. The second-order valence-electron chi connectivity index (χ2n) is 4.02. The summed E-state index contributed by atoms with van der Waals surface area (Å²) in [4.78, 5) is 31.4. The number of aromatic carboxylic acids is 2. The molecule has 0 saturated carbocycles. The minimum atomic E-state index is -1.23. The third-order valence-corrected chi connectivity index (χ3v) is 3.60. The predicted molar refractivity (Wildman–Crippen MR) is 76.7 cm³/mol. The van der Waals surface area contributed by atoms with Gasteiger partial charge in [0.1, 0.15) is 0 Å². The average Bonchev–Trinajstić information content (AvgIpc) is 2.47. The molecule has 108 valence electrons. The van der Waals surface area contributed by atoms with E-state index in [4.69, 9.17) is 14.9 Å². The van der Waals surface area contributed by atoms with Crippen molar-refractivity contribution in [1.29, 1.82) is 0 Å². The molecule has 7 heteroatoms. The zero-order valence-corrected chi connectivity index (χ0v) is 13.9. The fourth-order valence-corrected chi connectivity index (χ4v) is 1.35. The molecule has 1 aromatic rings. The second kappa shape index (κ2) is 10.1. The molecule has 0 aliphatic carbocycles. The molecule has 1 atom stereocenters. The molecule has 0 bridgehead atoms. The van der Waals surface area contributed by atoms with Crippen LogP contribution >= 0.6 is 0 Å². The molecular weight excluding hydrogens is 287 g/mol. The van der Waals surface area contributed by atoms with Crippen LogP contribution in [0.3, 0.4) is 0 Å². The van der Waals surface area contributed by atoms with Gasteiger partial charge in [-0.3, -0.25) is 0 Å². The minimum absolute atomic E-state index is 0.0715.